The van der Waals surface area contributed by atoms with Gasteiger partial charge < -0.3 is 10.6 Å². The van der Waals surface area contributed by atoms with Crippen LogP contribution in [0.5, 0.6) is 0 Å². The zero-order valence-electron chi connectivity index (χ0n) is 9.60. The number of likely N-dealkylation sites (tertiary alicyclic amines) is 1. The number of hydrogen-bond donors (Lipinski definition) is 2. The molecule has 2 rings (SSSR count). The molecule has 2 heterocycles. The molecule has 2 atom stereocenters. The molecular weight excluding hydrogens is 206 g/mol. The fourth-order valence-electron chi connectivity index (χ4n) is 2.08. The van der Waals surface area contributed by atoms with Gasteiger partial charge in [0, 0.05) is 12.6 Å². The summed E-state index contributed by atoms with van der Waals surface area (Å²) in [7, 11) is 0. The minimum Gasteiger partial charge on any atom is -0.366 e. The van der Waals surface area contributed by atoms with Crippen LogP contribution in [-0.2, 0) is 0 Å². The van der Waals surface area contributed by atoms with Crippen LogP contribution in [0.2, 0.25) is 0 Å². The number of hydrogen-bond acceptors (Lipinski definition) is 4. The summed E-state index contributed by atoms with van der Waals surface area (Å²) in [5.74, 6) is 0.781. The Bertz CT molecular complexity index is 388. The zero-order valence-corrected chi connectivity index (χ0v) is 9.60. The molecule has 1 aliphatic heterocycles. The first-order valence-electron chi connectivity index (χ1n) is 5.56. The number of aromatic amines is 1. The normalized spacial score (nSPS) is 25.8. The van der Waals surface area contributed by atoms with Crippen LogP contribution < -0.4 is 5.73 Å². The largest absolute Gasteiger partial charge is 0.366 e. The molecule has 6 heteroatoms. The van der Waals surface area contributed by atoms with Gasteiger partial charge in [0.05, 0.1) is 0 Å². The smallest absolute Gasteiger partial charge is 0.291 e. The summed E-state index contributed by atoms with van der Waals surface area (Å²) in [4.78, 5) is 17.8. The molecule has 0 radical (unpaired) electrons. The highest BCUT2D eigenvalue weighted by Crippen LogP contribution is 2.22. The fourth-order valence-corrected chi connectivity index (χ4v) is 2.08. The quantitative estimate of drug-likeness (QED) is 0.731. The van der Waals surface area contributed by atoms with Crippen LogP contribution in [0, 0.1) is 5.92 Å². The highest BCUT2D eigenvalue weighted by Gasteiger charge is 2.29. The van der Waals surface area contributed by atoms with Crippen LogP contribution in [0.25, 0.3) is 0 Å². The Morgan fingerprint density at radius 2 is 2.25 bits per heavy atom. The molecule has 0 aromatic carbocycles. The molecule has 0 aliphatic carbocycles. The van der Waals surface area contributed by atoms with Crippen molar-refractivity contribution in [2.24, 2.45) is 5.92 Å². The van der Waals surface area contributed by atoms with Crippen LogP contribution >= 0.6 is 0 Å². The summed E-state index contributed by atoms with van der Waals surface area (Å²) in [6.07, 6.45) is 2.21. The molecule has 0 bridgehead atoms. The number of H-pyrrole nitrogens is 1. The lowest BCUT2D eigenvalue weighted by Gasteiger charge is -2.36. The van der Waals surface area contributed by atoms with Gasteiger partial charge in [-0.1, -0.05) is 6.92 Å². The number of nitrogens with zero attached hydrogens (tertiary/aromatic N) is 3. The molecule has 2 unspecified atom stereocenters. The number of nitrogen functional groups attached to an aromatic ring is 1. The highest BCUT2D eigenvalue weighted by molar-refractivity contribution is 5.91. The van der Waals surface area contributed by atoms with Crippen LogP contribution in [-0.4, -0.2) is 38.6 Å². The van der Waals surface area contributed by atoms with E-state index < -0.39 is 0 Å². The maximum atomic E-state index is 12.1. The maximum absolute atomic E-state index is 12.1. The Labute approximate surface area is 94.2 Å². The first-order valence-corrected chi connectivity index (χ1v) is 5.56. The Morgan fingerprint density at radius 1 is 1.50 bits per heavy atom. The number of nitrogens with two attached hydrogens (primary N) is 1. The van der Waals surface area contributed by atoms with Gasteiger partial charge in [-0.2, -0.15) is 4.98 Å². The molecule has 1 amide bonds. The molecule has 16 heavy (non-hydrogen) atoms. The van der Waals surface area contributed by atoms with E-state index in [-0.39, 0.29) is 23.7 Å². The third-order valence-electron chi connectivity index (χ3n) is 3.08. The molecule has 1 saturated heterocycles. The van der Waals surface area contributed by atoms with Gasteiger partial charge in [0.25, 0.3) is 5.91 Å². The number of rotatable bonds is 1. The number of piperidine rings is 1. The van der Waals surface area contributed by atoms with E-state index in [0.717, 1.165) is 13.0 Å². The summed E-state index contributed by atoms with van der Waals surface area (Å²) >= 11 is 0. The lowest BCUT2D eigenvalue weighted by Crippen LogP contribution is -2.45. The second kappa shape index (κ2) is 4.11. The molecule has 3 N–H and O–H groups in total. The third-order valence-corrected chi connectivity index (χ3v) is 3.08. The monoisotopic (exact) mass is 223 g/mol. The van der Waals surface area contributed by atoms with E-state index in [0.29, 0.717) is 5.92 Å². The number of carbonyl (C=O) groups excluding carboxylic acids is 1. The lowest BCUT2D eigenvalue weighted by atomic mass is 9.95. The number of nitrogens with one attached hydrogen (secondary N) is 1. The Morgan fingerprint density at radius 3 is 2.88 bits per heavy atom. The molecule has 88 valence electrons. The summed E-state index contributed by atoms with van der Waals surface area (Å²) in [6, 6.07) is 0.259. The van der Waals surface area contributed by atoms with Crippen molar-refractivity contribution < 1.29 is 4.79 Å². The van der Waals surface area contributed by atoms with Gasteiger partial charge in [0.15, 0.2) is 0 Å². The molecule has 1 fully saturated rings. The number of aromatic nitrogens is 3. The second-order valence-corrected chi connectivity index (χ2v) is 4.53. The Hall–Kier alpha value is -1.59. The van der Waals surface area contributed by atoms with E-state index in [1.165, 1.54) is 6.42 Å². The van der Waals surface area contributed by atoms with Crippen LogP contribution in [0.3, 0.4) is 0 Å². The van der Waals surface area contributed by atoms with Gasteiger partial charge in [-0.3, -0.25) is 9.89 Å². The van der Waals surface area contributed by atoms with E-state index in [1.807, 2.05) is 4.90 Å². The first-order chi connectivity index (χ1) is 7.58. The van der Waals surface area contributed by atoms with Crippen LogP contribution in [0.4, 0.5) is 5.95 Å². The standard InChI is InChI=1S/C10H17N5O/c1-6-3-4-7(2)15(5-6)9(16)8-12-10(11)14-13-8/h6-7H,3-5H2,1-2H3,(H3,11,12,13,14). The van der Waals surface area contributed by atoms with Crippen molar-refractivity contribution in [3.63, 3.8) is 0 Å². The first kappa shape index (κ1) is 10.9. The van der Waals surface area contributed by atoms with Crippen molar-refractivity contribution in [2.45, 2.75) is 32.7 Å². The molecular formula is C10H17N5O. The summed E-state index contributed by atoms with van der Waals surface area (Å²) < 4.78 is 0. The van der Waals surface area contributed by atoms with E-state index in [2.05, 4.69) is 29.0 Å². The van der Waals surface area contributed by atoms with Crippen molar-refractivity contribution in [2.75, 3.05) is 12.3 Å². The maximum Gasteiger partial charge on any atom is 0.291 e. The summed E-state index contributed by atoms with van der Waals surface area (Å²) in [6.45, 7) is 4.99. The van der Waals surface area contributed by atoms with Gasteiger partial charge in [0.1, 0.15) is 0 Å². The summed E-state index contributed by atoms with van der Waals surface area (Å²) in [5.41, 5.74) is 5.38. The topological polar surface area (TPSA) is 87.9 Å². The molecule has 1 aromatic rings. The summed E-state index contributed by atoms with van der Waals surface area (Å²) in [5, 5.41) is 6.23. The number of anilines is 1. The molecule has 0 spiro atoms. The van der Waals surface area contributed by atoms with Crippen LogP contribution in [0.1, 0.15) is 37.3 Å². The molecule has 1 aromatic heterocycles. The minimum absolute atomic E-state index is 0.108. The van der Waals surface area contributed by atoms with Crippen molar-refractivity contribution >= 4 is 11.9 Å². The minimum atomic E-state index is -0.108. The Kier molecular flexibility index (Phi) is 2.80. The lowest BCUT2D eigenvalue weighted by molar-refractivity contribution is 0.0562. The molecule has 1 aliphatic rings. The van der Waals surface area contributed by atoms with E-state index in [9.17, 15) is 4.79 Å². The predicted octanol–water partition coefficient (Wildman–Crippen LogP) is 0.647. The third kappa shape index (κ3) is 2.00. The van der Waals surface area contributed by atoms with Crippen molar-refractivity contribution in [1.29, 1.82) is 0 Å². The van der Waals surface area contributed by atoms with Gasteiger partial charge in [-0.25, -0.2) is 0 Å². The second-order valence-electron chi connectivity index (χ2n) is 4.53. The van der Waals surface area contributed by atoms with Gasteiger partial charge in [0.2, 0.25) is 11.8 Å². The fraction of sp³-hybridized carbons (Fsp3) is 0.700. The van der Waals surface area contributed by atoms with Crippen molar-refractivity contribution in [3.8, 4) is 0 Å². The van der Waals surface area contributed by atoms with E-state index in [4.69, 9.17) is 5.73 Å². The average molecular weight is 223 g/mol. The highest BCUT2D eigenvalue weighted by atomic mass is 16.2. The zero-order chi connectivity index (χ0) is 11.7. The van der Waals surface area contributed by atoms with E-state index in [1.54, 1.807) is 0 Å². The Balaban J connectivity index is 2.14. The van der Waals surface area contributed by atoms with Gasteiger partial charge in [-0.05, 0) is 25.7 Å². The van der Waals surface area contributed by atoms with Crippen molar-refractivity contribution in [3.05, 3.63) is 5.82 Å². The molecule has 0 saturated carbocycles. The van der Waals surface area contributed by atoms with Gasteiger partial charge in [-0.15, -0.1) is 5.10 Å². The number of amides is 1. The van der Waals surface area contributed by atoms with Gasteiger partial charge >= 0.3 is 0 Å². The SMILES string of the molecule is CC1CCC(C)N(C(=O)c2nc(N)n[nH]2)C1. The van der Waals surface area contributed by atoms with Crippen LogP contribution in [0.15, 0.2) is 0 Å². The average Bonchev–Trinajstić information content (AvgIpc) is 2.67. The predicted molar refractivity (Wildman–Crippen MR) is 59.7 cm³/mol. The van der Waals surface area contributed by atoms with Crippen molar-refractivity contribution in [1.82, 2.24) is 20.1 Å². The molecule has 6 nitrogen and oxygen atoms in total. The van der Waals surface area contributed by atoms with E-state index >= 15 is 0 Å². The number of carbonyl (C=O) groups is 1.